The molecular weight excluding hydrogens is 494 g/mol. The van der Waals surface area contributed by atoms with Crippen molar-refractivity contribution in [3.05, 3.63) is 89.4 Å². The lowest BCUT2D eigenvalue weighted by Gasteiger charge is -2.31. The zero-order valence-corrected chi connectivity index (χ0v) is 23.0. The molecule has 1 aromatic heterocycles. The van der Waals surface area contributed by atoms with Crippen molar-refractivity contribution in [2.75, 3.05) is 38.0 Å². The number of amides is 1. The molecule has 3 aromatic rings. The fourth-order valence-electron chi connectivity index (χ4n) is 5.16. The Morgan fingerprint density at radius 1 is 1.03 bits per heavy atom. The molecule has 0 saturated heterocycles. The maximum atomic E-state index is 12.7. The maximum Gasteiger partial charge on any atom is 0.293 e. The van der Waals surface area contributed by atoms with Crippen LogP contribution in [-0.4, -0.2) is 49.9 Å². The van der Waals surface area contributed by atoms with Crippen LogP contribution in [0.25, 0.3) is 6.08 Å². The van der Waals surface area contributed by atoms with Crippen molar-refractivity contribution in [1.82, 2.24) is 10.3 Å². The van der Waals surface area contributed by atoms with Crippen LogP contribution in [0.15, 0.2) is 82.0 Å². The molecule has 1 aliphatic carbocycles. The minimum Gasteiger partial charge on any atom is -0.459 e. The van der Waals surface area contributed by atoms with Gasteiger partial charge in [-0.1, -0.05) is 24.3 Å². The van der Waals surface area contributed by atoms with Gasteiger partial charge in [0.15, 0.2) is 10.9 Å². The predicted molar refractivity (Wildman–Crippen MR) is 158 cm³/mol. The number of hydrogen-bond donors (Lipinski definition) is 1. The molecule has 1 saturated carbocycles. The van der Waals surface area contributed by atoms with Crippen molar-refractivity contribution >= 4 is 46.4 Å². The van der Waals surface area contributed by atoms with Gasteiger partial charge in [0, 0.05) is 45.5 Å². The van der Waals surface area contributed by atoms with Crippen molar-refractivity contribution in [1.29, 1.82) is 0 Å². The van der Waals surface area contributed by atoms with Crippen LogP contribution in [0.4, 0.5) is 11.4 Å². The quantitative estimate of drug-likeness (QED) is 0.428. The van der Waals surface area contributed by atoms with E-state index < -0.39 is 0 Å². The molecule has 1 fully saturated rings. The lowest BCUT2D eigenvalue weighted by molar-refractivity contribution is 0.0944. The van der Waals surface area contributed by atoms with Crippen LogP contribution in [0.1, 0.15) is 47.0 Å². The monoisotopic (exact) mass is 527 g/mol. The van der Waals surface area contributed by atoms with E-state index in [0.29, 0.717) is 0 Å². The van der Waals surface area contributed by atoms with E-state index in [9.17, 15) is 4.79 Å². The average Bonchev–Trinajstić information content (AvgIpc) is 3.58. The summed E-state index contributed by atoms with van der Waals surface area (Å²) in [4.78, 5) is 16.9. The molecule has 0 radical (unpaired) electrons. The first-order valence-electron chi connectivity index (χ1n) is 12.8. The van der Waals surface area contributed by atoms with Gasteiger partial charge >= 0.3 is 0 Å². The summed E-state index contributed by atoms with van der Waals surface area (Å²) in [5, 5.41) is 9.97. The summed E-state index contributed by atoms with van der Waals surface area (Å²) in [5.41, 5.74) is 6.81. The number of carbonyl (C=O) groups is 1. The molecule has 2 aromatic carbocycles. The van der Waals surface area contributed by atoms with Gasteiger partial charge in [-0.15, -0.1) is 0 Å². The number of benzene rings is 2. The first-order valence-corrected chi connectivity index (χ1v) is 13.2. The zero-order chi connectivity index (χ0) is 26.8. The van der Waals surface area contributed by atoms with E-state index in [4.69, 9.17) is 21.7 Å². The number of anilines is 2. The van der Waals surface area contributed by atoms with Crippen molar-refractivity contribution in [2.24, 2.45) is 11.0 Å². The van der Waals surface area contributed by atoms with Crippen LogP contribution in [0.2, 0.25) is 0 Å². The first kappa shape index (κ1) is 25.7. The standard InChI is InChI=1S/C30H33N5O2S/c1-33(2)23-14-10-20(11-15-23)19-22-7-5-8-25-27(22)32-35(30(38)31-29(36)26-9-6-18-37-26)28(25)21-12-16-24(17-13-21)34(3)4/h6,9-19,25,28H,5,7-8H2,1-4H3,(H,31,36,38)/b22-19-/t25-,28-/m0/s1. The van der Waals surface area contributed by atoms with E-state index in [0.717, 1.165) is 47.5 Å². The van der Waals surface area contributed by atoms with Gasteiger partial charge in [0.05, 0.1) is 18.0 Å². The third-order valence-corrected chi connectivity index (χ3v) is 7.47. The third-order valence-electron chi connectivity index (χ3n) is 7.18. The molecule has 5 rings (SSSR count). The highest BCUT2D eigenvalue weighted by atomic mass is 32.1. The molecule has 38 heavy (non-hydrogen) atoms. The van der Waals surface area contributed by atoms with Crippen molar-refractivity contribution in [3.63, 3.8) is 0 Å². The Bertz CT molecular complexity index is 1360. The first-order chi connectivity index (χ1) is 18.3. The van der Waals surface area contributed by atoms with Gasteiger partial charge in [-0.25, -0.2) is 5.01 Å². The summed E-state index contributed by atoms with van der Waals surface area (Å²) in [6, 6.07) is 20.2. The summed E-state index contributed by atoms with van der Waals surface area (Å²) < 4.78 is 5.26. The highest BCUT2D eigenvalue weighted by Gasteiger charge is 2.43. The number of fused-ring (bicyclic) bond motifs is 1. The number of allylic oxidation sites excluding steroid dienone is 1. The van der Waals surface area contributed by atoms with Gasteiger partial charge in [-0.05, 0) is 90.7 Å². The van der Waals surface area contributed by atoms with Gasteiger partial charge in [-0.2, -0.15) is 5.10 Å². The number of rotatable bonds is 5. The van der Waals surface area contributed by atoms with E-state index in [2.05, 4.69) is 69.7 Å². The highest BCUT2D eigenvalue weighted by molar-refractivity contribution is 7.80. The molecule has 0 spiro atoms. The third kappa shape index (κ3) is 5.22. The summed E-state index contributed by atoms with van der Waals surface area (Å²) in [5.74, 6) is -0.00139. The molecular formula is C30H33N5O2S. The Balaban J connectivity index is 1.49. The Labute approximate surface area is 229 Å². The van der Waals surface area contributed by atoms with E-state index in [-0.39, 0.29) is 28.7 Å². The molecule has 2 heterocycles. The van der Waals surface area contributed by atoms with Gasteiger partial charge < -0.3 is 14.2 Å². The zero-order valence-electron chi connectivity index (χ0n) is 22.2. The molecule has 1 N–H and O–H groups in total. The van der Waals surface area contributed by atoms with Crippen LogP contribution in [0, 0.1) is 5.92 Å². The van der Waals surface area contributed by atoms with Crippen molar-refractivity contribution in [3.8, 4) is 0 Å². The normalized spacial score (nSPS) is 19.6. The lowest BCUT2D eigenvalue weighted by Crippen LogP contribution is -2.41. The van der Waals surface area contributed by atoms with Crippen molar-refractivity contribution < 1.29 is 9.21 Å². The fraction of sp³-hybridized carbons (Fsp3) is 0.300. The number of carbonyl (C=O) groups excluding carboxylic acids is 1. The molecule has 2 atom stereocenters. The smallest absolute Gasteiger partial charge is 0.293 e. The van der Waals surface area contributed by atoms with Gasteiger partial charge in [0.25, 0.3) is 5.91 Å². The van der Waals surface area contributed by atoms with Gasteiger partial charge in [-0.3, -0.25) is 10.1 Å². The number of nitrogens with zero attached hydrogens (tertiary/aromatic N) is 4. The number of thiocarbonyl (C=S) groups is 1. The molecule has 1 aliphatic heterocycles. The molecule has 0 unspecified atom stereocenters. The number of furan rings is 1. The van der Waals surface area contributed by atoms with Crippen LogP contribution in [-0.2, 0) is 0 Å². The minimum absolute atomic E-state index is 0.106. The Morgan fingerprint density at radius 3 is 2.29 bits per heavy atom. The van der Waals surface area contributed by atoms with E-state index >= 15 is 0 Å². The van der Waals surface area contributed by atoms with E-state index in [1.165, 1.54) is 11.8 Å². The summed E-state index contributed by atoms with van der Waals surface area (Å²) in [6.07, 6.45) is 6.74. The lowest BCUT2D eigenvalue weighted by atomic mass is 9.77. The Kier molecular flexibility index (Phi) is 7.33. The predicted octanol–water partition coefficient (Wildman–Crippen LogP) is 5.72. The average molecular weight is 528 g/mol. The number of hydrazone groups is 1. The number of nitrogens with one attached hydrogen (secondary N) is 1. The molecule has 8 heteroatoms. The maximum absolute atomic E-state index is 12.7. The van der Waals surface area contributed by atoms with Crippen LogP contribution in [0.5, 0.6) is 0 Å². The van der Waals surface area contributed by atoms with Gasteiger partial charge in [0.1, 0.15) is 0 Å². The van der Waals surface area contributed by atoms with Crippen LogP contribution >= 0.6 is 12.2 Å². The molecule has 0 bridgehead atoms. The van der Waals surface area contributed by atoms with E-state index in [1.54, 1.807) is 12.1 Å². The Hall–Kier alpha value is -3.91. The molecule has 2 aliphatic rings. The summed E-state index contributed by atoms with van der Waals surface area (Å²) >= 11 is 5.75. The SMILES string of the molecule is CN(C)c1ccc(/C=C2/CCC[C@H]3C2=NN(C(=S)NC(=O)c2ccco2)[C@H]3c2ccc(N(C)C)cc2)cc1. The van der Waals surface area contributed by atoms with Crippen molar-refractivity contribution in [2.45, 2.75) is 25.3 Å². The number of hydrogen-bond acceptors (Lipinski definition) is 6. The Morgan fingerprint density at radius 2 is 1.68 bits per heavy atom. The largest absolute Gasteiger partial charge is 0.459 e. The molecule has 196 valence electrons. The van der Waals surface area contributed by atoms with Crippen LogP contribution in [0.3, 0.4) is 0 Å². The molecule has 1 amide bonds. The second-order valence-corrected chi connectivity index (χ2v) is 10.5. The molecule has 7 nitrogen and oxygen atoms in total. The highest BCUT2D eigenvalue weighted by Crippen LogP contribution is 2.44. The fourth-order valence-corrected chi connectivity index (χ4v) is 5.41. The van der Waals surface area contributed by atoms with Crippen LogP contribution < -0.4 is 15.1 Å². The minimum atomic E-state index is -0.381. The second-order valence-electron chi connectivity index (χ2n) is 10.2. The summed E-state index contributed by atoms with van der Waals surface area (Å²) in [7, 11) is 8.14. The summed E-state index contributed by atoms with van der Waals surface area (Å²) in [6.45, 7) is 0. The van der Waals surface area contributed by atoms with E-state index in [1.807, 2.05) is 33.2 Å². The second kappa shape index (κ2) is 10.8. The van der Waals surface area contributed by atoms with Gasteiger partial charge in [0.2, 0.25) is 0 Å². The topological polar surface area (TPSA) is 64.3 Å².